The number of hydrazine groups is 1. The number of urea groups is 1. The van der Waals surface area contributed by atoms with Crippen molar-refractivity contribution in [3.63, 3.8) is 0 Å². The average molecular weight is 536 g/mol. The van der Waals surface area contributed by atoms with Crippen molar-refractivity contribution in [1.29, 1.82) is 0 Å². The third kappa shape index (κ3) is 5.11. The molecule has 194 valence electrons. The van der Waals surface area contributed by atoms with E-state index in [0.717, 1.165) is 5.69 Å². The fraction of sp³-hybridized carbons (Fsp3) is 0.478. The molecule has 2 atom stereocenters. The molecule has 36 heavy (non-hydrogen) atoms. The molecule has 0 bridgehead atoms. The molecule has 2 N–H and O–H groups in total. The van der Waals surface area contributed by atoms with Crippen LogP contribution in [0, 0.1) is 6.92 Å². The maximum absolute atomic E-state index is 13.6. The number of piperazine rings is 1. The van der Waals surface area contributed by atoms with E-state index in [1.54, 1.807) is 65.7 Å². The molecule has 1 unspecified atom stereocenters. The molecular weight excluding hydrogens is 506 g/mol. The van der Waals surface area contributed by atoms with Crippen LogP contribution < -0.4 is 10.6 Å². The van der Waals surface area contributed by atoms with Gasteiger partial charge in [-0.15, -0.1) is 0 Å². The van der Waals surface area contributed by atoms with Gasteiger partial charge in [0, 0.05) is 53.9 Å². The van der Waals surface area contributed by atoms with Crippen LogP contribution in [0.15, 0.2) is 30.5 Å². The lowest BCUT2D eigenvalue weighted by molar-refractivity contribution is -0.138. The van der Waals surface area contributed by atoms with E-state index in [2.05, 4.69) is 15.6 Å². The van der Waals surface area contributed by atoms with Gasteiger partial charge in [-0.3, -0.25) is 14.0 Å². The Morgan fingerprint density at radius 3 is 2.36 bits per heavy atom. The highest BCUT2D eigenvalue weighted by Gasteiger charge is 2.43. The van der Waals surface area contributed by atoms with Crippen LogP contribution in [0.5, 0.6) is 0 Å². The molecule has 0 radical (unpaired) electrons. The number of amides is 4. The van der Waals surface area contributed by atoms with Gasteiger partial charge in [-0.2, -0.15) is 0 Å². The summed E-state index contributed by atoms with van der Waals surface area (Å²) >= 11 is 5.90. The van der Waals surface area contributed by atoms with E-state index in [4.69, 9.17) is 11.6 Å². The van der Waals surface area contributed by atoms with E-state index >= 15 is 0 Å². The number of hydrogen-bond donors (Lipinski definition) is 2. The number of benzene rings is 1. The molecule has 2 aliphatic rings. The first-order valence-corrected chi connectivity index (χ1v) is 13.5. The number of halogens is 1. The van der Waals surface area contributed by atoms with Crippen LogP contribution in [0.4, 0.5) is 15.3 Å². The Kier molecular flexibility index (Phi) is 7.39. The number of carbonyl (C=O) groups is 3. The smallest absolute Gasteiger partial charge is 0.338 e. The fourth-order valence-electron chi connectivity index (χ4n) is 4.29. The molecule has 1 saturated heterocycles. The van der Waals surface area contributed by atoms with Gasteiger partial charge in [0.05, 0.1) is 23.2 Å². The van der Waals surface area contributed by atoms with E-state index in [1.165, 1.54) is 6.26 Å². The summed E-state index contributed by atoms with van der Waals surface area (Å²) in [6.07, 6.45) is 3.22. The Bertz CT molecular complexity index is 1190. The second kappa shape index (κ2) is 10.2. The van der Waals surface area contributed by atoms with Crippen molar-refractivity contribution < 1.29 is 18.6 Å². The van der Waals surface area contributed by atoms with Crippen molar-refractivity contribution in [3.8, 4) is 0 Å². The summed E-state index contributed by atoms with van der Waals surface area (Å²) < 4.78 is 13.1. The number of carbonyl (C=O) groups excluding carboxylic acids is 3. The largest absolute Gasteiger partial charge is 0.344 e. The predicted molar refractivity (Wildman–Crippen MR) is 137 cm³/mol. The first kappa shape index (κ1) is 26.1. The van der Waals surface area contributed by atoms with Crippen LogP contribution in [0.3, 0.4) is 0 Å². The van der Waals surface area contributed by atoms with Gasteiger partial charge in [0.1, 0.15) is 11.9 Å². The van der Waals surface area contributed by atoms with Crippen molar-refractivity contribution in [2.45, 2.75) is 38.1 Å². The van der Waals surface area contributed by atoms with Crippen LogP contribution in [0.1, 0.15) is 25.4 Å². The molecule has 0 aliphatic carbocycles. The maximum Gasteiger partial charge on any atom is 0.344 e. The van der Waals surface area contributed by atoms with Gasteiger partial charge in [0.15, 0.2) is 0 Å². The van der Waals surface area contributed by atoms with E-state index in [0.29, 0.717) is 49.3 Å². The zero-order valence-electron chi connectivity index (χ0n) is 20.7. The number of hydrogen-bond acceptors (Lipinski definition) is 6. The monoisotopic (exact) mass is 535 g/mol. The second-order valence-electron chi connectivity index (χ2n) is 9.35. The van der Waals surface area contributed by atoms with Crippen LogP contribution in [-0.4, -0.2) is 89.9 Å². The Hall–Kier alpha value is -2.96. The van der Waals surface area contributed by atoms with Gasteiger partial charge < -0.3 is 15.5 Å². The molecule has 11 nitrogen and oxygen atoms in total. The maximum atomic E-state index is 13.6. The molecule has 2 aliphatic heterocycles. The Labute approximate surface area is 217 Å². The summed E-state index contributed by atoms with van der Waals surface area (Å²) in [5, 5.41) is 9.56. The molecule has 2 aromatic rings. The molecule has 1 aromatic carbocycles. The van der Waals surface area contributed by atoms with Crippen LogP contribution in [0.2, 0.25) is 5.02 Å². The summed E-state index contributed by atoms with van der Waals surface area (Å²) in [5.74, 6) is 0.326. The SMILES string of the molecule is Cc1ncc2n1C(=O)N(N1CCN(C(=O)[C@H](NC(=O)Nc3ccc(Cl)cc3)C(C)(C)S(C)=O)CC1)C2. The third-order valence-electron chi connectivity index (χ3n) is 6.70. The Morgan fingerprint density at radius 2 is 1.78 bits per heavy atom. The summed E-state index contributed by atoms with van der Waals surface area (Å²) in [5.41, 5.74) is 1.34. The van der Waals surface area contributed by atoms with E-state index in [-0.39, 0.29) is 11.9 Å². The van der Waals surface area contributed by atoms with Gasteiger partial charge in [-0.1, -0.05) is 11.6 Å². The van der Waals surface area contributed by atoms with Gasteiger partial charge >= 0.3 is 12.1 Å². The topological polar surface area (TPSA) is 120 Å². The predicted octanol–water partition coefficient (Wildman–Crippen LogP) is 2.04. The van der Waals surface area contributed by atoms with Gasteiger partial charge in [-0.05, 0) is 45.0 Å². The molecule has 1 fully saturated rings. The number of fused-ring (bicyclic) bond motifs is 1. The average Bonchev–Trinajstić information content (AvgIpc) is 3.37. The minimum absolute atomic E-state index is 0.152. The lowest BCUT2D eigenvalue weighted by Crippen LogP contribution is -2.63. The van der Waals surface area contributed by atoms with Crippen molar-refractivity contribution >= 4 is 46.1 Å². The van der Waals surface area contributed by atoms with Gasteiger partial charge in [0.25, 0.3) is 0 Å². The highest BCUT2D eigenvalue weighted by molar-refractivity contribution is 7.85. The normalized spacial score (nSPS) is 18.1. The number of rotatable bonds is 6. The zero-order valence-corrected chi connectivity index (χ0v) is 22.2. The molecule has 1 aromatic heterocycles. The molecule has 4 rings (SSSR count). The molecule has 3 heterocycles. The summed E-state index contributed by atoms with van der Waals surface area (Å²) in [4.78, 5) is 45.0. The number of aromatic nitrogens is 2. The highest BCUT2D eigenvalue weighted by Crippen LogP contribution is 2.24. The van der Waals surface area contributed by atoms with Crippen molar-refractivity contribution in [2.24, 2.45) is 0 Å². The fourth-order valence-corrected chi connectivity index (χ4v) is 4.91. The van der Waals surface area contributed by atoms with Crippen molar-refractivity contribution in [3.05, 3.63) is 47.0 Å². The van der Waals surface area contributed by atoms with Crippen molar-refractivity contribution in [1.82, 2.24) is 29.8 Å². The molecule has 4 amide bonds. The summed E-state index contributed by atoms with van der Waals surface area (Å²) in [7, 11) is -1.41. The Balaban J connectivity index is 1.41. The van der Waals surface area contributed by atoms with E-state index in [1.807, 2.05) is 5.01 Å². The second-order valence-corrected chi connectivity index (χ2v) is 11.7. The molecule has 13 heteroatoms. The van der Waals surface area contributed by atoms with Crippen LogP contribution in [-0.2, 0) is 22.1 Å². The first-order valence-electron chi connectivity index (χ1n) is 11.5. The number of imidazole rings is 1. The van der Waals surface area contributed by atoms with Gasteiger partial charge in [-0.25, -0.2) is 24.1 Å². The highest BCUT2D eigenvalue weighted by atomic mass is 35.5. The van der Waals surface area contributed by atoms with E-state index in [9.17, 15) is 18.6 Å². The quantitative estimate of drug-likeness (QED) is 0.584. The number of anilines is 1. The lowest BCUT2D eigenvalue weighted by atomic mass is 10.0. The third-order valence-corrected chi connectivity index (χ3v) is 8.67. The first-order chi connectivity index (χ1) is 17.0. The molecule has 0 saturated carbocycles. The molecule has 0 spiro atoms. The minimum Gasteiger partial charge on any atom is -0.338 e. The van der Waals surface area contributed by atoms with E-state index < -0.39 is 27.6 Å². The number of aryl methyl sites for hydroxylation is 1. The summed E-state index contributed by atoms with van der Waals surface area (Å²) in [6.45, 7) is 7.23. The summed E-state index contributed by atoms with van der Waals surface area (Å²) in [6, 6.07) is 4.82. The standard InChI is InChI=1S/C23H30ClN7O4S/c1-15-25-13-18-14-30(22(34)31(15)18)29-11-9-28(10-12-29)20(32)19(23(2,3)36(4)35)27-21(33)26-17-7-5-16(24)6-8-17/h5-8,13,19H,9-12,14H2,1-4H3,(H2,26,27,33)/t19-,36?/m0/s1. The minimum atomic E-state index is -1.41. The molecular formula is C23H30ClN7O4S. The number of nitrogens with zero attached hydrogens (tertiary/aromatic N) is 5. The van der Waals surface area contributed by atoms with Crippen LogP contribution >= 0.6 is 11.6 Å². The zero-order chi connectivity index (χ0) is 26.2. The number of nitrogens with one attached hydrogen (secondary N) is 2. The van der Waals surface area contributed by atoms with Crippen molar-refractivity contribution in [2.75, 3.05) is 37.8 Å². The lowest BCUT2D eigenvalue weighted by Gasteiger charge is -2.41. The van der Waals surface area contributed by atoms with Crippen LogP contribution in [0.25, 0.3) is 0 Å². The Morgan fingerprint density at radius 1 is 1.14 bits per heavy atom. The van der Waals surface area contributed by atoms with Gasteiger partial charge in [0.2, 0.25) is 5.91 Å².